The fraction of sp³-hybridized carbons (Fsp3) is 0.143. The van der Waals surface area contributed by atoms with Crippen molar-refractivity contribution >= 4 is 11.6 Å². The quantitative estimate of drug-likeness (QED) is 0.894. The van der Waals surface area contributed by atoms with Crippen molar-refractivity contribution in [2.24, 2.45) is 0 Å². The number of phenols is 1. The van der Waals surface area contributed by atoms with E-state index in [0.29, 0.717) is 10.8 Å². The Morgan fingerprint density at radius 2 is 1.80 bits per heavy atom. The third kappa shape index (κ3) is 3.36. The van der Waals surface area contributed by atoms with Crippen molar-refractivity contribution in [3.63, 3.8) is 0 Å². The van der Waals surface area contributed by atoms with Crippen LogP contribution in [-0.4, -0.2) is 5.11 Å². The third-order valence-electron chi connectivity index (χ3n) is 2.60. The van der Waals surface area contributed by atoms with Gasteiger partial charge in [0, 0.05) is 0 Å². The standard InChI is InChI=1S/C14H10ClF3O2/c15-11-3-1-2-4-13(11)20-8-9-5-6-12(19)10(7-9)14(16,17)18/h1-7,19H,8H2. The predicted molar refractivity (Wildman–Crippen MR) is 68.9 cm³/mol. The van der Waals surface area contributed by atoms with Crippen molar-refractivity contribution < 1.29 is 23.0 Å². The van der Waals surface area contributed by atoms with E-state index in [1.807, 2.05) is 0 Å². The summed E-state index contributed by atoms with van der Waals surface area (Å²) in [5.74, 6) is -0.421. The lowest BCUT2D eigenvalue weighted by molar-refractivity contribution is -0.138. The van der Waals surface area contributed by atoms with E-state index in [0.717, 1.165) is 12.1 Å². The van der Waals surface area contributed by atoms with Gasteiger partial charge in [0.1, 0.15) is 18.1 Å². The number of hydrogen-bond donors (Lipinski definition) is 1. The number of alkyl halides is 3. The van der Waals surface area contributed by atoms with Gasteiger partial charge >= 0.3 is 6.18 Å². The third-order valence-corrected chi connectivity index (χ3v) is 2.91. The molecule has 0 saturated carbocycles. The second kappa shape index (κ2) is 5.63. The van der Waals surface area contributed by atoms with E-state index in [1.165, 1.54) is 6.07 Å². The molecule has 20 heavy (non-hydrogen) atoms. The Bertz CT molecular complexity index is 612. The minimum atomic E-state index is -4.61. The molecule has 0 aromatic heterocycles. The van der Waals surface area contributed by atoms with E-state index < -0.39 is 17.5 Å². The molecular formula is C14H10ClF3O2. The van der Waals surface area contributed by atoms with Crippen LogP contribution in [-0.2, 0) is 12.8 Å². The summed E-state index contributed by atoms with van der Waals surface area (Å²) in [5.41, 5.74) is -0.798. The number of aromatic hydroxyl groups is 1. The highest BCUT2D eigenvalue weighted by Crippen LogP contribution is 2.36. The average molecular weight is 303 g/mol. The Labute approximate surface area is 118 Å². The normalized spacial score (nSPS) is 11.4. The molecule has 106 valence electrons. The van der Waals surface area contributed by atoms with Gasteiger partial charge in [-0.3, -0.25) is 0 Å². The molecule has 1 N–H and O–H groups in total. The van der Waals surface area contributed by atoms with Crippen molar-refractivity contribution in [2.45, 2.75) is 12.8 Å². The lowest BCUT2D eigenvalue weighted by Gasteiger charge is -2.12. The first-order valence-corrected chi connectivity index (χ1v) is 6.02. The highest BCUT2D eigenvalue weighted by molar-refractivity contribution is 6.32. The zero-order valence-electron chi connectivity index (χ0n) is 10.1. The maximum Gasteiger partial charge on any atom is 0.419 e. The summed E-state index contributed by atoms with van der Waals surface area (Å²) in [4.78, 5) is 0. The van der Waals surface area contributed by atoms with Crippen molar-refractivity contribution in [1.82, 2.24) is 0 Å². The van der Waals surface area contributed by atoms with Gasteiger partial charge in [-0.1, -0.05) is 29.8 Å². The Morgan fingerprint density at radius 3 is 2.45 bits per heavy atom. The largest absolute Gasteiger partial charge is 0.507 e. The SMILES string of the molecule is Oc1ccc(COc2ccccc2Cl)cc1C(F)(F)F. The Balaban J connectivity index is 2.17. The molecule has 0 unspecified atom stereocenters. The topological polar surface area (TPSA) is 29.5 Å². The number of rotatable bonds is 3. The van der Waals surface area contributed by atoms with Gasteiger partial charge in [-0.25, -0.2) is 0 Å². The van der Waals surface area contributed by atoms with Crippen LogP contribution in [0, 0.1) is 0 Å². The molecule has 0 aliphatic heterocycles. The zero-order chi connectivity index (χ0) is 14.8. The summed E-state index contributed by atoms with van der Waals surface area (Å²) < 4.78 is 43.3. The molecule has 2 aromatic rings. The fourth-order valence-corrected chi connectivity index (χ4v) is 1.81. The van der Waals surface area contributed by atoms with Crippen LogP contribution in [0.3, 0.4) is 0 Å². The molecule has 0 heterocycles. The maximum absolute atomic E-state index is 12.6. The van der Waals surface area contributed by atoms with E-state index in [9.17, 15) is 18.3 Å². The molecule has 2 rings (SSSR count). The lowest BCUT2D eigenvalue weighted by Crippen LogP contribution is -2.07. The molecule has 0 saturated heterocycles. The van der Waals surface area contributed by atoms with Crippen molar-refractivity contribution in [3.8, 4) is 11.5 Å². The Kier molecular flexibility index (Phi) is 4.09. The molecule has 0 aliphatic carbocycles. The zero-order valence-corrected chi connectivity index (χ0v) is 10.9. The fourth-order valence-electron chi connectivity index (χ4n) is 1.62. The average Bonchev–Trinajstić information content (AvgIpc) is 2.38. The molecule has 0 atom stereocenters. The van der Waals surface area contributed by atoms with Crippen LogP contribution < -0.4 is 4.74 Å². The lowest BCUT2D eigenvalue weighted by atomic mass is 10.1. The van der Waals surface area contributed by atoms with E-state index >= 15 is 0 Å². The monoisotopic (exact) mass is 302 g/mol. The molecule has 0 spiro atoms. The summed E-state index contributed by atoms with van der Waals surface area (Å²) in [7, 11) is 0. The van der Waals surface area contributed by atoms with Crippen molar-refractivity contribution in [2.75, 3.05) is 0 Å². The molecule has 0 fully saturated rings. The van der Waals surface area contributed by atoms with E-state index in [-0.39, 0.29) is 12.2 Å². The van der Waals surface area contributed by atoms with Gasteiger partial charge in [0.2, 0.25) is 0 Å². The molecule has 0 bridgehead atoms. The number of halogens is 4. The van der Waals surface area contributed by atoms with E-state index in [4.69, 9.17) is 16.3 Å². The second-order valence-electron chi connectivity index (χ2n) is 4.07. The summed E-state index contributed by atoms with van der Waals surface area (Å²) in [6.45, 7) is -0.0763. The molecule has 0 amide bonds. The molecule has 2 nitrogen and oxygen atoms in total. The van der Waals surface area contributed by atoms with Gasteiger partial charge < -0.3 is 9.84 Å². The van der Waals surface area contributed by atoms with Gasteiger partial charge in [-0.05, 0) is 29.8 Å². The summed E-state index contributed by atoms with van der Waals surface area (Å²) in [6, 6.07) is 9.88. The Morgan fingerprint density at radius 1 is 1.10 bits per heavy atom. The molecule has 0 radical (unpaired) electrons. The number of hydrogen-bond acceptors (Lipinski definition) is 2. The molecular weight excluding hydrogens is 293 g/mol. The number of benzene rings is 2. The summed E-state index contributed by atoms with van der Waals surface area (Å²) >= 11 is 5.87. The van der Waals surface area contributed by atoms with Gasteiger partial charge in [-0.2, -0.15) is 13.2 Å². The minimum absolute atomic E-state index is 0.0763. The maximum atomic E-state index is 12.6. The van der Waals surface area contributed by atoms with E-state index in [1.54, 1.807) is 24.3 Å². The first-order valence-electron chi connectivity index (χ1n) is 5.64. The minimum Gasteiger partial charge on any atom is -0.507 e. The number of phenolic OH excluding ortho intramolecular Hbond substituents is 1. The van der Waals surface area contributed by atoms with Crippen molar-refractivity contribution in [1.29, 1.82) is 0 Å². The number of ether oxygens (including phenoxy) is 1. The molecule has 2 aromatic carbocycles. The van der Waals surface area contributed by atoms with Crippen LogP contribution in [0.1, 0.15) is 11.1 Å². The van der Waals surface area contributed by atoms with Crippen LogP contribution in [0.5, 0.6) is 11.5 Å². The molecule has 0 aliphatic rings. The highest BCUT2D eigenvalue weighted by Gasteiger charge is 2.34. The van der Waals surface area contributed by atoms with Gasteiger partial charge in [0.05, 0.1) is 10.6 Å². The van der Waals surface area contributed by atoms with Crippen LogP contribution in [0.4, 0.5) is 13.2 Å². The number of para-hydroxylation sites is 1. The van der Waals surface area contributed by atoms with Crippen LogP contribution in [0.15, 0.2) is 42.5 Å². The predicted octanol–water partition coefficient (Wildman–Crippen LogP) is 4.64. The summed E-state index contributed by atoms with van der Waals surface area (Å²) in [6.07, 6.45) is -4.61. The van der Waals surface area contributed by atoms with Crippen LogP contribution in [0.2, 0.25) is 5.02 Å². The first kappa shape index (κ1) is 14.5. The van der Waals surface area contributed by atoms with Gasteiger partial charge in [0.25, 0.3) is 0 Å². The second-order valence-corrected chi connectivity index (χ2v) is 4.48. The first-order chi connectivity index (χ1) is 9.38. The van der Waals surface area contributed by atoms with Crippen molar-refractivity contribution in [3.05, 3.63) is 58.6 Å². The van der Waals surface area contributed by atoms with Gasteiger partial charge in [-0.15, -0.1) is 0 Å². The van der Waals surface area contributed by atoms with Crippen LogP contribution in [0.25, 0.3) is 0 Å². The Hall–Kier alpha value is -1.88. The highest BCUT2D eigenvalue weighted by atomic mass is 35.5. The summed E-state index contributed by atoms with van der Waals surface area (Å²) in [5, 5.41) is 9.60. The van der Waals surface area contributed by atoms with Gasteiger partial charge in [0.15, 0.2) is 0 Å². The van der Waals surface area contributed by atoms with E-state index in [2.05, 4.69) is 0 Å². The smallest absolute Gasteiger partial charge is 0.419 e. The van der Waals surface area contributed by atoms with Crippen LogP contribution >= 0.6 is 11.6 Å². The molecule has 6 heteroatoms.